The second-order valence-electron chi connectivity index (χ2n) is 5.12. The van der Waals surface area contributed by atoms with Gasteiger partial charge in [-0.05, 0) is 38.0 Å². The molecule has 0 bridgehead atoms. The molecule has 2 nitrogen and oxygen atoms in total. The smallest absolute Gasteiger partial charge is 0.188 e. The lowest BCUT2D eigenvalue weighted by Crippen LogP contribution is -2.57. The quantitative estimate of drug-likeness (QED) is 0.649. The number of nitrogens with two attached hydrogens (primary N) is 1. The molecule has 0 aromatic heterocycles. The maximum Gasteiger partial charge on any atom is 0.188 e. The van der Waals surface area contributed by atoms with Gasteiger partial charge >= 0.3 is 0 Å². The van der Waals surface area contributed by atoms with Crippen molar-refractivity contribution in [3.63, 3.8) is 0 Å². The van der Waals surface area contributed by atoms with Gasteiger partial charge in [0.05, 0.1) is 5.54 Å². The Labute approximate surface area is 115 Å². The number of piperidine rings is 1. The van der Waals surface area contributed by atoms with Crippen LogP contribution in [0.5, 0.6) is 0 Å². The van der Waals surface area contributed by atoms with Crippen LogP contribution in [0.3, 0.4) is 0 Å². The number of halogens is 3. The molecule has 1 saturated heterocycles. The molecule has 0 radical (unpaired) electrons. The minimum Gasteiger partial charge on any atom is -0.399 e. The highest BCUT2D eigenvalue weighted by Crippen LogP contribution is 2.38. The van der Waals surface area contributed by atoms with Crippen LogP contribution in [0.4, 0.5) is 18.9 Å². The Bertz CT molecular complexity index is 523. The van der Waals surface area contributed by atoms with Gasteiger partial charge in [-0.1, -0.05) is 12.2 Å². The first kappa shape index (κ1) is 14.1. The third-order valence-electron chi connectivity index (χ3n) is 3.61. The normalized spacial score (nSPS) is 31.1. The molecule has 0 spiro atoms. The van der Waals surface area contributed by atoms with Crippen molar-refractivity contribution in [1.82, 2.24) is 5.32 Å². The Morgan fingerprint density at radius 3 is 2.68 bits per heavy atom. The molecule has 1 aromatic carbocycles. The minimum absolute atomic E-state index is 0.0833. The highest BCUT2D eigenvalue weighted by atomic mass is 32.1. The molecule has 3 N–H and O–H groups in total. The highest BCUT2D eigenvalue weighted by Gasteiger charge is 2.46. The summed E-state index contributed by atoms with van der Waals surface area (Å²) in [6, 6.07) is 4.20. The van der Waals surface area contributed by atoms with E-state index in [1.165, 1.54) is 18.2 Å². The average Bonchev–Trinajstić information content (AvgIpc) is 2.37. The standard InChI is InChI=1S/C13H15F3N2S/c1-12(9-6-8(17)2-3-10(9)15)4-5-13(16,7-14)11(19)18-12/h2-3,6H,4-5,7,17H2,1H3,(H,18,19)/t12-,13+/m0/s1. The molecule has 104 valence electrons. The molecule has 2 atom stereocenters. The van der Waals surface area contributed by atoms with Gasteiger partial charge in [0.2, 0.25) is 0 Å². The molecule has 0 amide bonds. The van der Waals surface area contributed by atoms with Crippen LogP contribution in [0.15, 0.2) is 18.2 Å². The molecule has 0 unspecified atom stereocenters. The number of anilines is 1. The van der Waals surface area contributed by atoms with E-state index in [4.69, 9.17) is 18.0 Å². The van der Waals surface area contributed by atoms with E-state index in [9.17, 15) is 13.2 Å². The van der Waals surface area contributed by atoms with Crippen molar-refractivity contribution in [1.29, 1.82) is 0 Å². The van der Waals surface area contributed by atoms with E-state index in [1.54, 1.807) is 6.92 Å². The molecule has 0 aliphatic carbocycles. The van der Waals surface area contributed by atoms with Gasteiger partial charge in [-0.15, -0.1) is 0 Å². The van der Waals surface area contributed by atoms with E-state index in [0.717, 1.165) is 0 Å². The van der Waals surface area contributed by atoms with Crippen molar-refractivity contribution < 1.29 is 13.2 Å². The summed E-state index contributed by atoms with van der Waals surface area (Å²) in [5, 5.41) is 2.74. The van der Waals surface area contributed by atoms with Gasteiger partial charge in [0, 0.05) is 11.3 Å². The Hall–Kier alpha value is -1.30. The predicted molar refractivity (Wildman–Crippen MR) is 72.9 cm³/mol. The Kier molecular flexibility index (Phi) is 3.47. The second-order valence-corrected chi connectivity index (χ2v) is 5.53. The largest absolute Gasteiger partial charge is 0.399 e. The zero-order valence-corrected chi connectivity index (χ0v) is 11.3. The number of hydrogen-bond acceptors (Lipinski definition) is 2. The van der Waals surface area contributed by atoms with Crippen molar-refractivity contribution >= 4 is 22.9 Å². The monoisotopic (exact) mass is 288 g/mol. The van der Waals surface area contributed by atoms with Crippen LogP contribution >= 0.6 is 12.2 Å². The maximum atomic E-state index is 14.0. The molecule has 1 aromatic rings. The molecule has 19 heavy (non-hydrogen) atoms. The van der Waals surface area contributed by atoms with Crippen LogP contribution in [0.25, 0.3) is 0 Å². The topological polar surface area (TPSA) is 38.0 Å². The molecule has 2 rings (SSSR count). The number of benzene rings is 1. The van der Waals surface area contributed by atoms with Crippen LogP contribution in [-0.4, -0.2) is 17.3 Å². The molecule has 0 saturated carbocycles. The Balaban J connectivity index is 2.36. The first-order chi connectivity index (χ1) is 8.81. The first-order valence-corrected chi connectivity index (χ1v) is 6.34. The summed E-state index contributed by atoms with van der Waals surface area (Å²) in [4.78, 5) is -0.217. The lowest BCUT2D eigenvalue weighted by molar-refractivity contribution is 0.139. The van der Waals surface area contributed by atoms with Crippen molar-refractivity contribution in [2.75, 3.05) is 12.4 Å². The molecular formula is C13H15F3N2S. The van der Waals surface area contributed by atoms with Crippen LogP contribution < -0.4 is 11.1 Å². The highest BCUT2D eigenvalue weighted by molar-refractivity contribution is 7.80. The molecule has 6 heteroatoms. The van der Waals surface area contributed by atoms with Gasteiger partial charge in [0.25, 0.3) is 0 Å². The van der Waals surface area contributed by atoms with Crippen molar-refractivity contribution in [3.8, 4) is 0 Å². The van der Waals surface area contributed by atoms with E-state index < -0.39 is 23.7 Å². The fraction of sp³-hybridized carbons (Fsp3) is 0.462. The van der Waals surface area contributed by atoms with E-state index >= 15 is 0 Å². The number of nitrogens with one attached hydrogen (secondary N) is 1. The van der Waals surface area contributed by atoms with Crippen LogP contribution in [0.2, 0.25) is 0 Å². The van der Waals surface area contributed by atoms with E-state index in [2.05, 4.69) is 5.32 Å². The zero-order chi connectivity index (χ0) is 14.3. The summed E-state index contributed by atoms with van der Waals surface area (Å²) in [6.07, 6.45) is 0.147. The Morgan fingerprint density at radius 1 is 1.42 bits per heavy atom. The lowest BCUT2D eigenvalue weighted by atomic mass is 9.79. The predicted octanol–water partition coefficient (Wildman–Crippen LogP) is 3.01. The van der Waals surface area contributed by atoms with Crippen LogP contribution in [0.1, 0.15) is 25.3 Å². The zero-order valence-electron chi connectivity index (χ0n) is 10.5. The number of nitrogen functional groups attached to an aromatic ring is 1. The van der Waals surface area contributed by atoms with Gasteiger partial charge in [0.1, 0.15) is 17.5 Å². The SMILES string of the molecule is C[C@@]1(c2cc(N)ccc2F)CC[C@@](F)(CF)C(=S)N1. The van der Waals surface area contributed by atoms with E-state index in [-0.39, 0.29) is 17.8 Å². The molecule has 1 fully saturated rings. The number of hydrogen-bond donors (Lipinski definition) is 2. The third-order valence-corrected chi connectivity index (χ3v) is 4.08. The van der Waals surface area contributed by atoms with Crippen molar-refractivity contribution in [3.05, 3.63) is 29.6 Å². The third kappa shape index (κ3) is 2.41. The fourth-order valence-electron chi connectivity index (χ4n) is 2.28. The van der Waals surface area contributed by atoms with Gasteiger partial charge < -0.3 is 11.1 Å². The summed E-state index contributed by atoms with van der Waals surface area (Å²) >= 11 is 4.88. The first-order valence-electron chi connectivity index (χ1n) is 5.94. The minimum atomic E-state index is -2.15. The number of rotatable bonds is 2. The van der Waals surface area contributed by atoms with Gasteiger partial charge in [-0.3, -0.25) is 0 Å². The van der Waals surface area contributed by atoms with E-state index in [0.29, 0.717) is 11.3 Å². The van der Waals surface area contributed by atoms with Gasteiger partial charge in [-0.2, -0.15) is 0 Å². The molecule has 1 aliphatic rings. The Morgan fingerprint density at radius 2 is 2.11 bits per heavy atom. The number of thiocarbonyl (C=S) groups is 1. The fourth-order valence-corrected chi connectivity index (χ4v) is 2.66. The summed E-state index contributed by atoms with van der Waals surface area (Å²) in [6.45, 7) is 0.531. The second kappa shape index (κ2) is 4.67. The summed E-state index contributed by atoms with van der Waals surface area (Å²) in [7, 11) is 0. The molecular weight excluding hydrogens is 273 g/mol. The van der Waals surface area contributed by atoms with Crippen molar-refractivity contribution in [2.45, 2.75) is 31.0 Å². The molecule has 1 heterocycles. The summed E-state index contributed by atoms with van der Waals surface area (Å²) < 4.78 is 40.6. The van der Waals surface area contributed by atoms with Crippen LogP contribution in [-0.2, 0) is 5.54 Å². The summed E-state index contributed by atoms with van der Waals surface area (Å²) in [5.41, 5.74) is 3.35. The van der Waals surface area contributed by atoms with Crippen molar-refractivity contribution in [2.24, 2.45) is 0 Å². The summed E-state index contributed by atoms with van der Waals surface area (Å²) in [5.74, 6) is -0.446. The van der Waals surface area contributed by atoms with Gasteiger partial charge in [-0.25, -0.2) is 13.2 Å². The molecule has 1 aliphatic heterocycles. The van der Waals surface area contributed by atoms with Crippen LogP contribution in [0, 0.1) is 5.82 Å². The average molecular weight is 288 g/mol. The lowest BCUT2D eigenvalue weighted by Gasteiger charge is -2.42. The van der Waals surface area contributed by atoms with E-state index in [1.807, 2.05) is 0 Å². The van der Waals surface area contributed by atoms with Gasteiger partial charge in [0.15, 0.2) is 5.67 Å². The number of alkyl halides is 2. The maximum absolute atomic E-state index is 14.0.